The summed E-state index contributed by atoms with van der Waals surface area (Å²) in [6.45, 7) is 4.00. The molecular weight excluding hydrogens is 322 g/mol. The van der Waals surface area contributed by atoms with Crippen molar-refractivity contribution in [2.45, 2.75) is 19.9 Å². The highest BCUT2D eigenvalue weighted by Crippen LogP contribution is 2.26. The second kappa shape index (κ2) is 6.13. The molecule has 1 unspecified atom stereocenters. The Morgan fingerprint density at radius 1 is 1.35 bits per heavy atom. The lowest BCUT2D eigenvalue weighted by atomic mass is 10.1. The van der Waals surface area contributed by atoms with Gasteiger partial charge in [-0.15, -0.1) is 0 Å². The van der Waals surface area contributed by atoms with E-state index >= 15 is 0 Å². The molecule has 0 bridgehead atoms. The maximum absolute atomic E-state index is 11.4. The summed E-state index contributed by atoms with van der Waals surface area (Å²) in [5.41, 5.74) is 2.16. The first kappa shape index (κ1) is 14.7. The second-order valence-corrected chi connectivity index (χ2v) is 5.43. The molecule has 0 radical (unpaired) electrons. The minimum absolute atomic E-state index is 0.0543. The first-order chi connectivity index (χ1) is 9.51. The van der Waals surface area contributed by atoms with Crippen molar-refractivity contribution in [1.29, 1.82) is 0 Å². The first-order valence-electron chi connectivity index (χ1n) is 6.22. The average molecular weight is 338 g/mol. The van der Waals surface area contributed by atoms with Gasteiger partial charge in [-0.05, 0) is 43.7 Å². The Kier molecular flexibility index (Phi) is 4.49. The van der Waals surface area contributed by atoms with Gasteiger partial charge in [0.1, 0.15) is 5.76 Å². The van der Waals surface area contributed by atoms with Crippen LogP contribution in [0.15, 0.2) is 39.2 Å². The van der Waals surface area contributed by atoms with E-state index in [0.29, 0.717) is 5.76 Å². The van der Waals surface area contributed by atoms with Crippen molar-refractivity contribution in [1.82, 2.24) is 0 Å². The standard InChI is InChI=1S/C15H16BrNO3/c1-9-4-5-11(16)8-12(9)17-10(2)13-6-7-14(20-13)15(18)19-3/h4-8,10,17H,1-3H3. The molecule has 1 N–H and O–H groups in total. The number of nitrogens with one attached hydrogen (secondary N) is 1. The number of carbonyl (C=O) groups excluding carboxylic acids is 1. The van der Waals surface area contributed by atoms with Crippen LogP contribution in [0.3, 0.4) is 0 Å². The number of aryl methyl sites for hydroxylation is 1. The molecule has 0 saturated carbocycles. The quantitative estimate of drug-likeness (QED) is 0.844. The Morgan fingerprint density at radius 2 is 2.10 bits per heavy atom. The molecule has 0 spiro atoms. The van der Waals surface area contributed by atoms with Gasteiger partial charge in [-0.3, -0.25) is 0 Å². The Bertz CT molecular complexity index is 621. The van der Waals surface area contributed by atoms with Crippen molar-refractivity contribution in [3.63, 3.8) is 0 Å². The number of hydrogen-bond donors (Lipinski definition) is 1. The SMILES string of the molecule is COC(=O)c1ccc(C(C)Nc2cc(Br)ccc2C)o1. The lowest BCUT2D eigenvalue weighted by Crippen LogP contribution is -2.07. The topological polar surface area (TPSA) is 51.5 Å². The van der Waals surface area contributed by atoms with E-state index in [2.05, 4.69) is 26.0 Å². The van der Waals surface area contributed by atoms with Crippen molar-refractivity contribution in [3.05, 3.63) is 51.9 Å². The minimum Gasteiger partial charge on any atom is -0.463 e. The molecule has 1 atom stereocenters. The van der Waals surface area contributed by atoms with Crippen LogP contribution in [0.5, 0.6) is 0 Å². The molecule has 0 saturated heterocycles. The summed E-state index contributed by atoms with van der Waals surface area (Å²) in [5, 5.41) is 3.36. The number of anilines is 1. The van der Waals surface area contributed by atoms with Gasteiger partial charge in [0.15, 0.2) is 0 Å². The molecule has 0 aliphatic carbocycles. The van der Waals surface area contributed by atoms with Crippen LogP contribution in [0, 0.1) is 6.92 Å². The van der Waals surface area contributed by atoms with Crippen LogP contribution in [0.1, 0.15) is 34.8 Å². The molecule has 2 rings (SSSR count). The third-order valence-electron chi connectivity index (χ3n) is 3.01. The van der Waals surface area contributed by atoms with Crippen molar-refractivity contribution in [3.8, 4) is 0 Å². The summed E-state index contributed by atoms with van der Waals surface area (Å²) < 4.78 is 11.1. The zero-order valence-corrected chi connectivity index (χ0v) is 13.2. The monoisotopic (exact) mass is 337 g/mol. The summed E-state index contributed by atoms with van der Waals surface area (Å²) in [7, 11) is 1.33. The van der Waals surface area contributed by atoms with Gasteiger partial charge in [-0.25, -0.2) is 4.79 Å². The molecule has 0 amide bonds. The maximum Gasteiger partial charge on any atom is 0.373 e. The predicted octanol–water partition coefficient (Wildman–Crippen LogP) is 4.31. The Hall–Kier alpha value is -1.75. The molecule has 20 heavy (non-hydrogen) atoms. The Morgan fingerprint density at radius 3 is 2.80 bits per heavy atom. The van der Waals surface area contributed by atoms with E-state index in [1.54, 1.807) is 12.1 Å². The molecule has 0 fully saturated rings. The van der Waals surface area contributed by atoms with Crippen LogP contribution in [0.25, 0.3) is 0 Å². The number of halogens is 1. The van der Waals surface area contributed by atoms with Crippen LogP contribution in [0.4, 0.5) is 5.69 Å². The number of methoxy groups -OCH3 is 1. The molecular formula is C15H16BrNO3. The van der Waals surface area contributed by atoms with Gasteiger partial charge in [0.25, 0.3) is 0 Å². The molecule has 0 aliphatic heterocycles. The van der Waals surface area contributed by atoms with E-state index in [-0.39, 0.29) is 11.8 Å². The van der Waals surface area contributed by atoms with Gasteiger partial charge < -0.3 is 14.5 Å². The van der Waals surface area contributed by atoms with Crippen molar-refractivity contribution < 1.29 is 13.9 Å². The fourth-order valence-electron chi connectivity index (χ4n) is 1.85. The molecule has 1 aromatic carbocycles. The third-order valence-corrected chi connectivity index (χ3v) is 3.51. The van der Waals surface area contributed by atoms with Gasteiger partial charge in [-0.1, -0.05) is 22.0 Å². The number of benzene rings is 1. The number of rotatable bonds is 4. The van der Waals surface area contributed by atoms with Crippen molar-refractivity contribution in [2.75, 3.05) is 12.4 Å². The smallest absolute Gasteiger partial charge is 0.373 e. The van der Waals surface area contributed by atoms with Crippen molar-refractivity contribution >= 4 is 27.6 Å². The number of esters is 1. The summed E-state index contributed by atoms with van der Waals surface area (Å²) in [6.07, 6.45) is 0. The van der Waals surface area contributed by atoms with Crippen LogP contribution >= 0.6 is 15.9 Å². The molecule has 2 aromatic rings. The number of carbonyl (C=O) groups is 1. The van der Waals surface area contributed by atoms with Crippen molar-refractivity contribution in [2.24, 2.45) is 0 Å². The summed E-state index contributed by atoms with van der Waals surface area (Å²) in [5.74, 6) is 0.425. The van der Waals surface area contributed by atoms with E-state index in [0.717, 1.165) is 15.7 Å². The Balaban J connectivity index is 2.15. The molecule has 1 aromatic heterocycles. The van der Waals surface area contributed by atoms with E-state index < -0.39 is 5.97 Å². The number of ether oxygens (including phenoxy) is 1. The molecule has 0 aliphatic rings. The van der Waals surface area contributed by atoms with Crippen LogP contribution in [-0.4, -0.2) is 13.1 Å². The van der Waals surface area contributed by atoms with E-state index in [1.807, 2.05) is 32.0 Å². The zero-order chi connectivity index (χ0) is 14.7. The molecule has 106 valence electrons. The molecule has 4 nitrogen and oxygen atoms in total. The fraction of sp³-hybridized carbons (Fsp3) is 0.267. The van der Waals surface area contributed by atoms with Crippen LogP contribution in [-0.2, 0) is 4.74 Å². The zero-order valence-electron chi connectivity index (χ0n) is 11.6. The Labute approximate surface area is 126 Å². The maximum atomic E-state index is 11.4. The van der Waals surface area contributed by atoms with E-state index in [9.17, 15) is 4.79 Å². The highest BCUT2D eigenvalue weighted by atomic mass is 79.9. The van der Waals surface area contributed by atoms with E-state index in [4.69, 9.17) is 4.42 Å². The fourth-order valence-corrected chi connectivity index (χ4v) is 2.21. The summed E-state index contributed by atoms with van der Waals surface area (Å²) in [4.78, 5) is 11.4. The summed E-state index contributed by atoms with van der Waals surface area (Å²) >= 11 is 3.45. The highest BCUT2D eigenvalue weighted by Gasteiger charge is 2.15. The summed E-state index contributed by atoms with van der Waals surface area (Å²) in [6, 6.07) is 9.37. The van der Waals surface area contributed by atoms with Crippen LogP contribution < -0.4 is 5.32 Å². The largest absolute Gasteiger partial charge is 0.463 e. The minimum atomic E-state index is -0.470. The van der Waals surface area contributed by atoms with Crippen LogP contribution in [0.2, 0.25) is 0 Å². The predicted molar refractivity (Wildman–Crippen MR) is 81.0 cm³/mol. The second-order valence-electron chi connectivity index (χ2n) is 4.52. The third kappa shape index (κ3) is 3.22. The average Bonchev–Trinajstić information content (AvgIpc) is 2.91. The van der Waals surface area contributed by atoms with Gasteiger partial charge in [-0.2, -0.15) is 0 Å². The highest BCUT2D eigenvalue weighted by molar-refractivity contribution is 9.10. The lowest BCUT2D eigenvalue weighted by molar-refractivity contribution is 0.0562. The lowest BCUT2D eigenvalue weighted by Gasteiger charge is -2.15. The first-order valence-corrected chi connectivity index (χ1v) is 7.01. The number of furan rings is 1. The normalized spacial score (nSPS) is 12.0. The molecule has 1 heterocycles. The van der Waals surface area contributed by atoms with Gasteiger partial charge in [0, 0.05) is 10.2 Å². The van der Waals surface area contributed by atoms with E-state index in [1.165, 1.54) is 7.11 Å². The number of hydrogen-bond acceptors (Lipinski definition) is 4. The van der Waals surface area contributed by atoms with Gasteiger partial charge in [0.05, 0.1) is 13.2 Å². The molecule has 5 heteroatoms. The van der Waals surface area contributed by atoms with Gasteiger partial charge >= 0.3 is 5.97 Å². The van der Waals surface area contributed by atoms with Gasteiger partial charge in [0.2, 0.25) is 5.76 Å².